The van der Waals surface area contributed by atoms with Crippen LogP contribution in [0.2, 0.25) is 0 Å². The van der Waals surface area contributed by atoms with Crippen molar-refractivity contribution in [2.75, 3.05) is 0 Å². The normalized spacial score (nSPS) is 24.4. The van der Waals surface area contributed by atoms with Crippen molar-refractivity contribution in [3.63, 3.8) is 0 Å². The van der Waals surface area contributed by atoms with Gasteiger partial charge in [-0.25, -0.2) is 0 Å². The fourth-order valence-corrected chi connectivity index (χ4v) is 4.42. The number of carbonyl (C=O) groups is 2. The summed E-state index contributed by atoms with van der Waals surface area (Å²) in [7, 11) is -1.41. The molecule has 3 rings (SSSR count). The van der Waals surface area contributed by atoms with Crippen LogP contribution < -0.4 is 0 Å². The summed E-state index contributed by atoms with van der Waals surface area (Å²) in [5.41, 5.74) is 2.09. The van der Waals surface area contributed by atoms with Gasteiger partial charge in [0.15, 0.2) is 5.78 Å². The zero-order valence-corrected chi connectivity index (χ0v) is 12.3. The van der Waals surface area contributed by atoms with Gasteiger partial charge in [-0.2, -0.15) is 0 Å². The molecule has 2 aromatic carbocycles. The molecule has 0 spiro atoms. The van der Waals surface area contributed by atoms with E-state index >= 15 is 0 Å². The number of aryl methyl sites for hydroxylation is 1. The lowest BCUT2D eigenvalue weighted by molar-refractivity contribution is -0.110. The van der Waals surface area contributed by atoms with E-state index in [0.29, 0.717) is 16.7 Å². The van der Waals surface area contributed by atoms with Crippen LogP contribution in [0, 0.1) is 12.8 Å². The lowest BCUT2D eigenvalue weighted by atomic mass is 9.90. The van der Waals surface area contributed by atoms with Gasteiger partial charge in [0.1, 0.15) is 6.29 Å². The first kappa shape index (κ1) is 13.9. The van der Waals surface area contributed by atoms with E-state index in [9.17, 15) is 13.8 Å². The molecular formula is C17H14O3S. The average Bonchev–Trinajstić information content (AvgIpc) is 2.51. The minimum atomic E-state index is -1.41. The van der Waals surface area contributed by atoms with Crippen LogP contribution in [-0.2, 0) is 15.6 Å². The molecule has 21 heavy (non-hydrogen) atoms. The van der Waals surface area contributed by atoms with E-state index in [2.05, 4.69) is 0 Å². The number of rotatable bonds is 2. The third-order valence-electron chi connectivity index (χ3n) is 3.75. The van der Waals surface area contributed by atoms with Gasteiger partial charge >= 0.3 is 0 Å². The third-order valence-corrected chi connectivity index (χ3v) is 5.57. The molecule has 3 nitrogen and oxygen atoms in total. The van der Waals surface area contributed by atoms with Gasteiger partial charge in [-0.1, -0.05) is 42.0 Å². The van der Waals surface area contributed by atoms with Crippen LogP contribution in [0.5, 0.6) is 0 Å². The van der Waals surface area contributed by atoms with Gasteiger partial charge in [0.2, 0.25) is 0 Å². The Bertz CT molecular complexity index is 737. The maximum atomic E-state index is 12.8. The lowest BCUT2D eigenvalue weighted by Gasteiger charge is -2.28. The summed E-state index contributed by atoms with van der Waals surface area (Å²) >= 11 is 0. The second-order valence-electron chi connectivity index (χ2n) is 5.15. The van der Waals surface area contributed by atoms with Crippen LogP contribution in [0.4, 0.5) is 0 Å². The molecule has 3 unspecified atom stereocenters. The van der Waals surface area contributed by atoms with Crippen molar-refractivity contribution in [1.82, 2.24) is 0 Å². The van der Waals surface area contributed by atoms with Crippen molar-refractivity contribution < 1.29 is 13.8 Å². The number of Topliss-reactive ketones (excluding diaryl/α,β-unsaturated/α-hetero) is 1. The molecule has 4 heteroatoms. The van der Waals surface area contributed by atoms with Crippen LogP contribution in [0.15, 0.2) is 53.4 Å². The van der Waals surface area contributed by atoms with Crippen LogP contribution in [0.25, 0.3) is 0 Å². The van der Waals surface area contributed by atoms with Gasteiger partial charge < -0.3 is 4.79 Å². The predicted octanol–water partition coefficient (Wildman–Crippen LogP) is 2.86. The Hall–Kier alpha value is -2.07. The van der Waals surface area contributed by atoms with Crippen LogP contribution >= 0.6 is 0 Å². The zero-order valence-electron chi connectivity index (χ0n) is 11.5. The van der Waals surface area contributed by atoms with Crippen molar-refractivity contribution >= 4 is 22.9 Å². The van der Waals surface area contributed by atoms with Gasteiger partial charge in [-0.15, -0.1) is 0 Å². The predicted molar refractivity (Wildman–Crippen MR) is 80.7 cm³/mol. The zero-order chi connectivity index (χ0) is 15.0. The molecule has 0 aromatic heterocycles. The first-order valence-electron chi connectivity index (χ1n) is 6.69. The molecular weight excluding hydrogens is 284 g/mol. The Balaban J connectivity index is 2.19. The number of hydrogen-bond acceptors (Lipinski definition) is 3. The number of aldehydes is 1. The highest BCUT2D eigenvalue weighted by molar-refractivity contribution is 7.85. The Labute approximate surface area is 125 Å². The maximum absolute atomic E-state index is 12.8. The fourth-order valence-electron chi connectivity index (χ4n) is 2.71. The fraction of sp³-hybridized carbons (Fsp3) is 0.176. The van der Waals surface area contributed by atoms with Gasteiger partial charge in [0.05, 0.1) is 26.9 Å². The number of ketones is 1. The highest BCUT2D eigenvalue weighted by atomic mass is 32.2. The van der Waals surface area contributed by atoms with Crippen LogP contribution in [0.3, 0.4) is 0 Å². The topological polar surface area (TPSA) is 51.2 Å². The molecule has 0 fully saturated rings. The van der Waals surface area contributed by atoms with Gasteiger partial charge in [0, 0.05) is 5.56 Å². The summed E-state index contributed by atoms with van der Waals surface area (Å²) in [5.74, 6) is -1.13. The summed E-state index contributed by atoms with van der Waals surface area (Å²) in [6, 6.07) is 14.4. The smallest absolute Gasteiger partial charge is 0.175 e. The molecule has 1 aliphatic heterocycles. The average molecular weight is 298 g/mol. The first-order chi connectivity index (χ1) is 10.1. The van der Waals surface area contributed by atoms with Crippen molar-refractivity contribution in [1.29, 1.82) is 0 Å². The second-order valence-corrected chi connectivity index (χ2v) is 6.70. The molecule has 1 heterocycles. The highest BCUT2D eigenvalue weighted by Gasteiger charge is 2.41. The van der Waals surface area contributed by atoms with Crippen molar-refractivity contribution in [2.24, 2.45) is 5.92 Å². The van der Waals surface area contributed by atoms with E-state index in [4.69, 9.17) is 0 Å². The molecule has 0 radical (unpaired) electrons. The second kappa shape index (κ2) is 5.37. The van der Waals surface area contributed by atoms with E-state index in [-0.39, 0.29) is 5.78 Å². The van der Waals surface area contributed by atoms with Crippen LogP contribution in [-0.4, -0.2) is 16.3 Å². The Morgan fingerprint density at radius 3 is 2.48 bits per heavy atom. The van der Waals surface area contributed by atoms with Crippen molar-refractivity contribution in [3.8, 4) is 0 Å². The Kier molecular flexibility index (Phi) is 3.55. The van der Waals surface area contributed by atoms with E-state index in [0.717, 1.165) is 11.1 Å². The quantitative estimate of drug-likeness (QED) is 0.633. The van der Waals surface area contributed by atoms with Crippen molar-refractivity contribution in [2.45, 2.75) is 17.1 Å². The van der Waals surface area contributed by atoms with Gasteiger partial charge in [-0.3, -0.25) is 9.00 Å². The molecule has 1 aliphatic rings. The Morgan fingerprint density at radius 2 is 1.81 bits per heavy atom. The van der Waals surface area contributed by atoms with Crippen LogP contribution in [0.1, 0.15) is 26.7 Å². The molecule has 0 aliphatic carbocycles. The number of carbonyl (C=O) groups excluding carboxylic acids is 2. The molecule has 0 saturated heterocycles. The molecule has 0 bridgehead atoms. The molecule has 0 saturated carbocycles. The van der Waals surface area contributed by atoms with Gasteiger partial charge in [0.25, 0.3) is 0 Å². The summed E-state index contributed by atoms with van der Waals surface area (Å²) < 4.78 is 12.8. The minimum absolute atomic E-state index is 0.239. The SMILES string of the molecule is Cc1ccc2c(c1)C(=O)C(C=O)C(c1ccccc1)S2=O. The maximum Gasteiger partial charge on any atom is 0.175 e. The molecule has 106 valence electrons. The summed E-state index contributed by atoms with van der Waals surface area (Å²) in [6.45, 7) is 1.87. The Morgan fingerprint density at radius 1 is 1.10 bits per heavy atom. The third kappa shape index (κ3) is 2.25. The van der Waals surface area contributed by atoms with E-state index in [1.165, 1.54) is 0 Å². The molecule has 2 aromatic rings. The lowest BCUT2D eigenvalue weighted by Crippen LogP contribution is -2.32. The summed E-state index contributed by atoms with van der Waals surface area (Å²) in [4.78, 5) is 24.5. The number of benzene rings is 2. The van der Waals surface area contributed by atoms with Gasteiger partial charge in [-0.05, 0) is 24.6 Å². The minimum Gasteiger partial charge on any atom is -0.303 e. The number of fused-ring (bicyclic) bond motifs is 1. The summed E-state index contributed by atoms with van der Waals surface area (Å²) in [5, 5.41) is -0.605. The van der Waals surface area contributed by atoms with E-state index in [1.807, 2.05) is 43.3 Å². The standard InChI is InChI=1S/C17H14O3S/c1-11-7-8-15-13(9-11)16(19)14(10-18)17(21(15)20)12-5-3-2-4-6-12/h2-10,14,17H,1H3. The monoisotopic (exact) mass is 298 g/mol. The summed E-state index contributed by atoms with van der Waals surface area (Å²) in [6.07, 6.45) is 0.628. The van der Waals surface area contributed by atoms with E-state index < -0.39 is 22.0 Å². The first-order valence-corrected chi connectivity index (χ1v) is 7.90. The number of hydrogen-bond donors (Lipinski definition) is 0. The largest absolute Gasteiger partial charge is 0.303 e. The molecule has 0 amide bonds. The van der Waals surface area contributed by atoms with E-state index in [1.54, 1.807) is 12.1 Å². The van der Waals surface area contributed by atoms with Crippen molar-refractivity contribution in [3.05, 3.63) is 65.2 Å². The molecule has 0 N–H and O–H groups in total. The molecule has 3 atom stereocenters. The highest BCUT2D eigenvalue weighted by Crippen LogP contribution is 2.39.